The number of hydrogen-bond acceptors (Lipinski definition) is 3. The molecule has 0 aliphatic heterocycles. The van der Waals surface area contributed by atoms with Crippen molar-refractivity contribution in [2.75, 3.05) is 14.2 Å². The van der Waals surface area contributed by atoms with Crippen LogP contribution in [0.3, 0.4) is 0 Å². The number of hydroxylamine groups is 1. The quantitative estimate of drug-likeness (QED) is 0.671. The van der Waals surface area contributed by atoms with Gasteiger partial charge in [-0.1, -0.05) is 25.1 Å². The van der Waals surface area contributed by atoms with E-state index in [1.54, 1.807) is 14.2 Å². The minimum Gasteiger partial charge on any atom is -0.628 e. The minimum absolute atomic E-state index is 0.104. The van der Waals surface area contributed by atoms with Crippen LogP contribution in [0.4, 0.5) is 5.69 Å². The van der Waals surface area contributed by atoms with Crippen molar-refractivity contribution in [1.29, 1.82) is 0 Å². The molecule has 2 aromatic carbocycles. The zero-order chi connectivity index (χ0) is 17.8. The highest BCUT2D eigenvalue weighted by atomic mass is 16.5. The number of nitrogens with one attached hydrogen (secondary N) is 1. The lowest BCUT2D eigenvalue weighted by Crippen LogP contribution is -3.06. The number of rotatable bonds is 5. The summed E-state index contributed by atoms with van der Waals surface area (Å²) in [4.78, 5) is 0. The lowest BCUT2D eigenvalue weighted by molar-refractivity contribution is -0.800. The molecule has 4 nitrogen and oxygen atoms in total. The van der Waals surface area contributed by atoms with Gasteiger partial charge in [-0.05, 0) is 53.6 Å². The van der Waals surface area contributed by atoms with Crippen LogP contribution in [0.2, 0.25) is 0 Å². The van der Waals surface area contributed by atoms with Gasteiger partial charge in [-0.15, -0.1) is 0 Å². The number of benzene rings is 2. The van der Waals surface area contributed by atoms with Crippen LogP contribution in [-0.2, 0) is 4.74 Å². The molecular formula is C21H25NO3. The van der Waals surface area contributed by atoms with Crippen molar-refractivity contribution in [2.24, 2.45) is 5.92 Å². The molecule has 1 aliphatic carbocycles. The summed E-state index contributed by atoms with van der Waals surface area (Å²) >= 11 is 0. The third kappa shape index (κ3) is 3.93. The summed E-state index contributed by atoms with van der Waals surface area (Å²) in [6, 6.07) is 15.6. The van der Waals surface area contributed by atoms with Crippen molar-refractivity contribution in [3.8, 4) is 16.9 Å². The first-order chi connectivity index (χ1) is 12.1. The van der Waals surface area contributed by atoms with E-state index >= 15 is 0 Å². The van der Waals surface area contributed by atoms with Crippen LogP contribution < -0.4 is 9.80 Å². The maximum Gasteiger partial charge on any atom is 0.131 e. The lowest BCUT2D eigenvalue weighted by atomic mass is 9.90. The Balaban J connectivity index is 1.74. The summed E-state index contributed by atoms with van der Waals surface area (Å²) in [6.45, 7) is 2.12. The fourth-order valence-corrected chi connectivity index (χ4v) is 3.31. The molecule has 0 fully saturated rings. The van der Waals surface area contributed by atoms with Gasteiger partial charge in [-0.2, -0.15) is 0 Å². The molecule has 0 saturated carbocycles. The molecule has 4 heteroatoms. The van der Waals surface area contributed by atoms with E-state index in [0.29, 0.717) is 5.92 Å². The molecule has 2 aromatic rings. The third-order valence-corrected chi connectivity index (χ3v) is 4.95. The van der Waals surface area contributed by atoms with Crippen LogP contribution in [0.5, 0.6) is 5.75 Å². The van der Waals surface area contributed by atoms with Crippen molar-refractivity contribution >= 4 is 5.69 Å². The van der Waals surface area contributed by atoms with Gasteiger partial charge in [0.15, 0.2) is 0 Å². The molecule has 132 valence electrons. The van der Waals surface area contributed by atoms with E-state index in [2.05, 4.69) is 13.0 Å². The maximum absolute atomic E-state index is 12.8. The molecule has 0 radical (unpaired) electrons. The zero-order valence-corrected chi connectivity index (χ0v) is 14.9. The molecule has 1 N–H and O–H groups in total. The first-order valence-electron chi connectivity index (χ1n) is 8.62. The number of ether oxygens (including phenoxy) is 2. The highest BCUT2D eigenvalue weighted by molar-refractivity contribution is 5.65. The first-order valence-corrected chi connectivity index (χ1v) is 8.62. The monoisotopic (exact) mass is 339 g/mol. The minimum atomic E-state index is -0.104. The third-order valence-electron chi connectivity index (χ3n) is 4.95. The van der Waals surface area contributed by atoms with E-state index in [1.165, 1.54) is 0 Å². The average Bonchev–Trinajstić information content (AvgIpc) is 2.68. The maximum atomic E-state index is 12.8. The molecule has 0 bridgehead atoms. The molecule has 4 atom stereocenters. The molecule has 0 amide bonds. The van der Waals surface area contributed by atoms with Crippen molar-refractivity contribution < 1.29 is 14.5 Å². The fraction of sp³-hybridized carbons (Fsp3) is 0.333. The van der Waals surface area contributed by atoms with Crippen LogP contribution in [0, 0.1) is 11.1 Å². The Hall–Kier alpha value is -2.14. The first kappa shape index (κ1) is 17.7. The second kappa shape index (κ2) is 7.83. The Labute approximate surface area is 149 Å². The second-order valence-corrected chi connectivity index (χ2v) is 6.53. The van der Waals surface area contributed by atoms with Crippen molar-refractivity contribution in [1.82, 2.24) is 0 Å². The van der Waals surface area contributed by atoms with Gasteiger partial charge in [0.25, 0.3) is 0 Å². The summed E-state index contributed by atoms with van der Waals surface area (Å²) in [5.41, 5.74) is 2.93. The topological polar surface area (TPSA) is 46.0 Å². The summed E-state index contributed by atoms with van der Waals surface area (Å²) in [7, 11) is 3.37. The van der Waals surface area contributed by atoms with Crippen molar-refractivity contribution in [2.45, 2.75) is 25.5 Å². The van der Waals surface area contributed by atoms with Crippen LogP contribution >= 0.6 is 0 Å². The smallest absolute Gasteiger partial charge is 0.131 e. The number of quaternary nitrogens is 1. The molecule has 3 rings (SSSR count). The molecular weight excluding hydrogens is 314 g/mol. The average molecular weight is 339 g/mol. The van der Waals surface area contributed by atoms with Gasteiger partial charge in [0, 0.05) is 19.4 Å². The predicted molar refractivity (Wildman–Crippen MR) is 99.9 cm³/mol. The fourth-order valence-electron chi connectivity index (χ4n) is 3.31. The molecule has 4 unspecified atom stereocenters. The summed E-state index contributed by atoms with van der Waals surface area (Å²) < 4.78 is 10.7. The van der Waals surface area contributed by atoms with Gasteiger partial charge < -0.3 is 19.7 Å². The Morgan fingerprint density at radius 3 is 2.08 bits per heavy atom. The normalized spacial score (nSPS) is 24.1. The van der Waals surface area contributed by atoms with Gasteiger partial charge in [0.2, 0.25) is 0 Å². The molecule has 0 saturated heterocycles. The van der Waals surface area contributed by atoms with E-state index in [9.17, 15) is 5.21 Å². The van der Waals surface area contributed by atoms with Gasteiger partial charge in [-0.25, -0.2) is 0 Å². The SMILES string of the molecule is COc1ccc(-c2ccc([NH+]([O-])C3C=CC(C)C(OC)C3)cc2)cc1. The van der Waals surface area contributed by atoms with E-state index in [1.807, 2.05) is 54.6 Å². The lowest BCUT2D eigenvalue weighted by Gasteiger charge is -2.35. The number of methoxy groups -OCH3 is 2. The van der Waals surface area contributed by atoms with Crippen LogP contribution in [0.1, 0.15) is 13.3 Å². The van der Waals surface area contributed by atoms with Gasteiger partial charge in [0.1, 0.15) is 17.5 Å². The Morgan fingerprint density at radius 2 is 1.52 bits per heavy atom. The Bertz CT molecular complexity index is 709. The van der Waals surface area contributed by atoms with Crippen molar-refractivity contribution in [3.05, 3.63) is 65.9 Å². The number of hydrogen-bond donors (Lipinski definition) is 1. The Morgan fingerprint density at radius 1 is 0.920 bits per heavy atom. The zero-order valence-electron chi connectivity index (χ0n) is 14.9. The van der Waals surface area contributed by atoms with Gasteiger partial charge in [-0.3, -0.25) is 0 Å². The van der Waals surface area contributed by atoms with E-state index < -0.39 is 0 Å². The molecule has 1 aliphatic rings. The van der Waals surface area contributed by atoms with Gasteiger partial charge >= 0.3 is 0 Å². The Kier molecular flexibility index (Phi) is 5.53. The van der Waals surface area contributed by atoms with E-state index in [4.69, 9.17) is 9.47 Å². The second-order valence-electron chi connectivity index (χ2n) is 6.53. The van der Waals surface area contributed by atoms with Crippen LogP contribution in [-0.4, -0.2) is 26.4 Å². The molecule has 0 aromatic heterocycles. The van der Waals surface area contributed by atoms with Gasteiger partial charge in [0.05, 0.1) is 13.2 Å². The summed E-state index contributed by atoms with van der Waals surface area (Å²) in [5.74, 6) is 1.19. The summed E-state index contributed by atoms with van der Waals surface area (Å²) in [5, 5.41) is 12.9. The highest BCUT2D eigenvalue weighted by Gasteiger charge is 2.27. The predicted octanol–water partition coefficient (Wildman–Crippen LogP) is 3.36. The van der Waals surface area contributed by atoms with E-state index in [0.717, 1.165) is 29.0 Å². The van der Waals surface area contributed by atoms with E-state index in [-0.39, 0.29) is 17.2 Å². The molecule has 25 heavy (non-hydrogen) atoms. The van der Waals surface area contributed by atoms with Crippen molar-refractivity contribution in [3.63, 3.8) is 0 Å². The molecule has 0 spiro atoms. The molecule has 0 heterocycles. The largest absolute Gasteiger partial charge is 0.628 e. The highest BCUT2D eigenvalue weighted by Crippen LogP contribution is 2.24. The van der Waals surface area contributed by atoms with Crippen LogP contribution in [0.25, 0.3) is 11.1 Å². The standard InChI is InChI=1S/C21H25NO3/c1-15-4-9-19(14-21(15)25-3)22(23)18-10-5-16(6-11-18)17-7-12-20(24-2)13-8-17/h4-13,15,19,21-22H,14H2,1-3H3. The van der Waals surface area contributed by atoms with Crippen LogP contribution in [0.15, 0.2) is 60.7 Å². The summed E-state index contributed by atoms with van der Waals surface area (Å²) in [6.07, 6.45) is 4.97.